The van der Waals surface area contributed by atoms with Crippen LogP contribution in [-0.2, 0) is 11.2 Å². The number of aromatic nitrogens is 2. The fraction of sp³-hybridized carbons (Fsp3) is 0.250. The standard InChI is InChI=1S/C20H19F3N4O2/c1-11-4-5-12(8-14(11)21)20-25-18(29-26-20)7-6-17(28)24-13-9-15(22)19(27(2)3)16(23)10-13/h4-5,8-10H,6-7H2,1-3H3,(H,24,28). The average Bonchev–Trinajstić information content (AvgIpc) is 3.10. The number of hydrogen-bond donors (Lipinski definition) is 1. The van der Waals surface area contributed by atoms with Crippen LogP contribution < -0.4 is 10.2 Å². The number of halogens is 3. The normalized spacial score (nSPS) is 10.8. The smallest absolute Gasteiger partial charge is 0.227 e. The van der Waals surface area contributed by atoms with Gasteiger partial charge in [-0.25, -0.2) is 13.2 Å². The van der Waals surface area contributed by atoms with Gasteiger partial charge in [0.25, 0.3) is 0 Å². The van der Waals surface area contributed by atoms with E-state index in [1.807, 2.05) is 0 Å². The minimum absolute atomic E-state index is 0.0111. The first-order chi connectivity index (χ1) is 13.7. The number of rotatable bonds is 6. The maximum atomic E-state index is 14.0. The maximum Gasteiger partial charge on any atom is 0.227 e. The number of carbonyl (C=O) groups is 1. The Bertz CT molecular complexity index is 1030. The van der Waals surface area contributed by atoms with E-state index in [2.05, 4.69) is 15.5 Å². The summed E-state index contributed by atoms with van der Waals surface area (Å²) in [6.45, 7) is 1.64. The molecule has 9 heteroatoms. The summed E-state index contributed by atoms with van der Waals surface area (Å²) >= 11 is 0. The molecule has 0 aliphatic carbocycles. The lowest BCUT2D eigenvalue weighted by atomic mass is 10.1. The average molecular weight is 404 g/mol. The Morgan fingerprint density at radius 1 is 1.10 bits per heavy atom. The van der Waals surface area contributed by atoms with Crippen LogP contribution >= 0.6 is 0 Å². The molecule has 0 spiro atoms. The molecule has 0 fully saturated rings. The van der Waals surface area contributed by atoms with Crippen LogP contribution in [0.5, 0.6) is 0 Å². The van der Waals surface area contributed by atoms with Gasteiger partial charge in [-0.05, 0) is 30.7 Å². The molecule has 0 bridgehead atoms. The Hall–Kier alpha value is -3.36. The molecule has 0 aliphatic heterocycles. The fourth-order valence-corrected chi connectivity index (χ4v) is 2.71. The van der Waals surface area contributed by atoms with Crippen molar-refractivity contribution in [2.45, 2.75) is 19.8 Å². The van der Waals surface area contributed by atoms with Crippen molar-refractivity contribution < 1.29 is 22.5 Å². The second-order valence-electron chi connectivity index (χ2n) is 6.71. The molecule has 0 saturated heterocycles. The van der Waals surface area contributed by atoms with Crippen molar-refractivity contribution in [3.05, 3.63) is 59.2 Å². The monoisotopic (exact) mass is 404 g/mol. The Labute approximate surface area is 165 Å². The highest BCUT2D eigenvalue weighted by atomic mass is 19.1. The number of hydrogen-bond acceptors (Lipinski definition) is 5. The highest BCUT2D eigenvalue weighted by Crippen LogP contribution is 2.25. The lowest BCUT2D eigenvalue weighted by molar-refractivity contribution is -0.116. The van der Waals surface area contributed by atoms with Gasteiger partial charge in [-0.1, -0.05) is 17.3 Å². The Morgan fingerprint density at radius 3 is 2.41 bits per heavy atom. The first-order valence-corrected chi connectivity index (χ1v) is 8.80. The lowest BCUT2D eigenvalue weighted by Crippen LogP contribution is -2.16. The van der Waals surface area contributed by atoms with Crippen molar-refractivity contribution in [2.24, 2.45) is 0 Å². The quantitative estimate of drug-likeness (QED) is 0.670. The molecular weight excluding hydrogens is 385 g/mol. The number of aryl methyl sites for hydroxylation is 2. The maximum absolute atomic E-state index is 14.0. The largest absolute Gasteiger partial charge is 0.373 e. The van der Waals surface area contributed by atoms with Crippen LogP contribution in [0, 0.1) is 24.4 Å². The molecule has 6 nitrogen and oxygen atoms in total. The molecule has 0 saturated carbocycles. The summed E-state index contributed by atoms with van der Waals surface area (Å²) in [5, 5.41) is 6.22. The highest BCUT2D eigenvalue weighted by Gasteiger charge is 2.15. The molecule has 152 valence electrons. The molecular formula is C20H19F3N4O2. The van der Waals surface area contributed by atoms with E-state index >= 15 is 0 Å². The van der Waals surface area contributed by atoms with E-state index in [1.165, 1.54) is 25.1 Å². The summed E-state index contributed by atoms with van der Waals surface area (Å²) in [5.41, 5.74) is 0.783. The Morgan fingerprint density at radius 2 is 1.79 bits per heavy atom. The molecule has 0 atom stereocenters. The van der Waals surface area contributed by atoms with E-state index in [9.17, 15) is 18.0 Å². The summed E-state index contributed by atoms with van der Waals surface area (Å²) in [5.74, 6) is -2.01. The van der Waals surface area contributed by atoms with Gasteiger partial charge in [-0.2, -0.15) is 4.98 Å². The molecule has 0 aliphatic rings. The van der Waals surface area contributed by atoms with Crippen LogP contribution in [0.3, 0.4) is 0 Å². The molecule has 2 aromatic carbocycles. The molecule has 1 N–H and O–H groups in total. The highest BCUT2D eigenvalue weighted by molar-refractivity contribution is 5.91. The van der Waals surface area contributed by atoms with Crippen LogP contribution in [0.25, 0.3) is 11.4 Å². The van der Waals surface area contributed by atoms with Gasteiger partial charge >= 0.3 is 0 Å². The summed E-state index contributed by atoms with van der Waals surface area (Å²) in [6.07, 6.45) is 0.0798. The Balaban J connectivity index is 1.61. The van der Waals surface area contributed by atoms with Gasteiger partial charge in [0.05, 0.1) is 0 Å². The van der Waals surface area contributed by atoms with Crippen LogP contribution in [0.2, 0.25) is 0 Å². The zero-order valence-electron chi connectivity index (χ0n) is 16.1. The third kappa shape index (κ3) is 4.74. The predicted molar refractivity (Wildman–Crippen MR) is 102 cm³/mol. The van der Waals surface area contributed by atoms with E-state index in [-0.39, 0.29) is 41.7 Å². The molecule has 1 aromatic heterocycles. The number of benzene rings is 2. The first-order valence-electron chi connectivity index (χ1n) is 8.80. The molecule has 29 heavy (non-hydrogen) atoms. The van der Waals surface area contributed by atoms with Crippen LogP contribution in [0.1, 0.15) is 17.9 Å². The van der Waals surface area contributed by atoms with E-state index in [0.29, 0.717) is 11.1 Å². The van der Waals surface area contributed by atoms with Gasteiger partial charge in [0, 0.05) is 38.2 Å². The van der Waals surface area contributed by atoms with Crippen molar-refractivity contribution >= 4 is 17.3 Å². The van der Waals surface area contributed by atoms with Gasteiger partial charge in [0.1, 0.15) is 11.5 Å². The lowest BCUT2D eigenvalue weighted by Gasteiger charge is -2.15. The Kier molecular flexibility index (Phi) is 5.86. The van der Waals surface area contributed by atoms with Crippen molar-refractivity contribution in [1.29, 1.82) is 0 Å². The molecule has 1 amide bonds. The third-order valence-electron chi connectivity index (χ3n) is 4.21. The van der Waals surface area contributed by atoms with Crippen molar-refractivity contribution in [2.75, 3.05) is 24.3 Å². The summed E-state index contributed by atoms with van der Waals surface area (Å²) < 4.78 is 46.7. The molecule has 1 heterocycles. The van der Waals surface area contributed by atoms with Gasteiger partial charge in [0.2, 0.25) is 17.6 Å². The summed E-state index contributed by atoms with van der Waals surface area (Å²) in [7, 11) is 3.03. The van der Waals surface area contributed by atoms with E-state index in [1.54, 1.807) is 19.1 Å². The second-order valence-corrected chi connectivity index (χ2v) is 6.71. The minimum Gasteiger partial charge on any atom is -0.373 e. The number of amides is 1. The first kappa shape index (κ1) is 20.4. The van der Waals surface area contributed by atoms with Gasteiger partial charge in [-0.15, -0.1) is 0 Å². The summed E-state index contributed by atoms with van der Waals surface area (Å²) in [6, 6.07) is 6.67. The van der Waals surface area contributed by atoms with Crippen molar-refractivity contribution in [1.82, 2.24) is 10.1 Å². The second kappa shape index (κ2) is 8.34. The van der Waals surface area contributed by atoms with Crippen molar-refractivity contribution in [3.63, 3.8) is 0 Å². The number of nitrogens with zero attached hydrogens (tertiary/aromatic N) is 3. The van der Waals surface area contributed by atoms with Gasteiger partial charge in [0.15, 0.2) is 11.6 Å². The van der Waals surface area contributed by atoms with Gasteiger partial charge < -0.3 is 14.7 Å². The fourth-order valence-electron chi connectivity index (χ4n) is 2.71. The molecule has 0 unspecified atom stereocenters. The van der Waals surface area contributed by atoms with E-state index in [0.717, 1.165) is 12.1 Å². The topological polar surface area (TPSA) is 71.3 Å². The van der Waals surface area contributed by atoms with Crippen LogP contribution in [0.15, 0.2) is 34.9 Å². The van der Waals surface area contributed by atoms with Crippen molar-refractivity contribution in [3.8, 4) is 11.4 Å². The van der Waals surface area contributed by atoms with E-state index in [4.69, 9.17) is 4.52 Å². The van der Waals surface area contributed by atoms with Crippen LogP contribution in [0.4, 0.5) is 24.5 Å². The minimum atomic E-state index is -0.780. The van der Waals surface area contributed by atoms with Crippen LogP contribution in [-0.4, -0.2) is 30.1 Å². The zero-order chi connectivity index (χ0) is 21.1. The number of anilines is 2. The predicted octanol–water partition coefficient (Wildman–Crippen LogP) is 4.10. The third-order valence-corrected chi connectivity index (χ3v) is 4.21. The molecule has 0 radical (unpaired) electrons. The van der Waals surface area contributed by atoms with Gasteiger partial charge in [-0.3, -0.25) is 4.79 Å². The number of nitrogens with one attached hydrogen (secondary N) is 1. The summed E-state index contributed by atoms with van der Waals surface area (Å²) in [4.78, 5) is 17.5. The molecule has 3 aromatic rings. The zero-order valence-corrected chi connectivity index (χ0v) is 16.1. The van der Waals surface area contributed by atoms with E-state index < -0.39 is 17.5 Å². The number of carbonyl (C=O) groups excluding carboxylic acids is 1. The molecule has 3 rings (SSSR count). The SMILES string of the molecule is Cc1ccc(-c2noc(CCC(=O)Nc3cc(F)c(N(C)C)c(F)c3)n2)cc1F.